The Morgan fingerprint density at radius 3 is 2.21 bits per heavy atom. The molecule has 2 N–H and O–H groups in total. The topological polar surface area (TPSA) is 111 Å². The largest absolute Gasteiger partial charge is 0.450 e. The third-order valence-corrected chi connectivity index (χ3v) is 4.92. The van der Waals surface area contributed by atoms with Gasteiger partial charge in [-0.2, -0.15) is 0 Å². The van der Waals surface area contributed by atoms with E-state index in [4.69, 9.17) is 9.47 Å². The van der Waals surface area contributed by atoms with E-state index in [1.807, 2.05) is 53.8 Å². The molecule has 2 aromatic carbocycles. The van der Waals surface area contributed by atoms with Crippen LogP contribution < -0.4 is 10.6 Å². The number of hydrogen-bond acceptors (Lipinski definition) is 6. The molecule has 4 rings (SSSR count). The average Bonchev–Trinajstić information content (AvgIpc) is 3.21. The minimum atomic E-state index is -1.15. The van der Waals surface area contributed by atoms with Crippen molar-refractivity contribution in [1.29, 1.82) is 0 Å². The van der Waals surface area contributed by atoms with Crippen LogP contribution in [0.25, 0.3) is 11.1 Å². The highest BCUT2D eigenvalue weighted by atomic mass is 16.6. The second-order valence-corrected chi connectivity index (χ2v) is 6.77. The van der Waals surface area contributed by atoms with Crippen LogP contribution in [-0.2, 0) is 23.9 Å². The third-order valence-electron chi connectivity index (χ3n) is 4.92. The van der Waals surface area contributed by atoms with Crippen LogP contribution in [0.15, 0.2) is 48.5 Å². The summed E-state index contributed by atoms with van der Waals surface area (Å²) in [6.07, 6.45) is -2.13. The third kappa shape index (κ3) is 3.82. The van der Waals surface area contributed by atoms with Gasteiger partial charge in [-0.1, -0.05) is 48.5 Å². The maximum atomic E-state index is 12.0. The molecule has 1 atom stereocenters. The number of fused-ring (bicyclic) bond motifs is 3. The summed E-state index contributed by atoms with van der Waals surface area (Å²) in [4.78, 5) is 46.2. The molecule has 0 aromatic heterocycles. The lowest BCUT2D eigenvalue weighted by atomic mass is 9.98. The number of imide groups is 1. The molecule has 8 nitrogen and oxygen atoms in total. The predicted molar refractivity (Wildman–Crippen MR) is 101 cm³/mol. The normalized spacial score (nSPS) is 17.3. The van der Waals surface area contributed by atoms with Crippen LogP contribution in [0.1, 0.15) is 23.5 Å². The second kappa shape index (κ2) is 7.75. The highest BCUT2D eigenvalue weighted by molar-refractivity contribution is 6.05. The maximum Gasteiger partial charge on any atom is 0.407 e. The summed E-state index contributed by atoms with van der Waals surface area (Å²) in [6.45, 7) is -0.344. The molecular formula is C21H18N2O6. The zero-order chi connectivity index (χ0) is 20.4. The lowest BCUT2D eigenvalue weighted by Gasteiger charge is -2.14. The quantitative estimate of drug-likeness (QED) is 0.587. The van der Waals surface area contributed by atoms with Crippen LogP contribution in [0.5, 0.6) is 0 Å². The van der Waals surface area contributed by atoms with E-state index in [1.54, 1.807) is 0 Å². The van der Waals surface area contributed by atoms with E-state index in [1.165, 1.54) is 0 Å². The Morgan fingerprint density at radius 2 is 1.62 bits per heavy atom. The number of nitrogens with one attached hydrogen (secondary N) is 2. The van der Waals surface area contributed by atoms with Crippen molar-refractivity contribution in [3.05, 3.63) is 59.7 Å². The molecule has 2 aliphatic rings. The van der Waals surface area contributed by atoms with Gasteiger partial charge in [0.1, 0.15) is 13.2 Å². The van der Waals surface area contributed by atoms with Crippen LogP contribution in [0.2, 0.25) is 0 Å². The number of ether oxygens (including phenoxy) is 2. The number of carbonyl (C=O) groups is 4. The van der Waals surface area contributed by atoms with Crippen LogP contribution in [-0.4, -0.2) is 43.1 Å². The van der Waals surface area contributed by atoms with Gasteiger partial charge in [0, 0.05) is 5.92 Å². The number of alkyl carbamates (subject to hydrolysis) is 1. The first-order valence-corrected chi connectivity index (χ1v) is 9.15. The van der Waals surface area contributed by atoms with Crippen LogP contribution >= 0.6 is 0 Å². The van der Waals surface area contributed by atoms with Crippen molar-refractivity contribution in [3.8, 4) is 11.1 Å². The van der Waals surface area contributed by atoms with Gasteiger partial charge in [-0.25, -0.2) is 4.79 Å². The van der Waals surface area contributed by atoms with E-state index in [0.717, 1.165) is 22.3 Å². The lowest BCUT2D eigenvalue weighted by Crippen LogP contribution is -2.35. The van der Waals surface area contributed by atoms with Crippen molar-refractivity contribution in [1.82, 2.24) is 10.6 Å². The average molecular weight is 394 g/mol. The van der Waals surface area contributed by atoms with Gasteiger partial charge in [-0.15, -0.1) is 0 Å². The molecule has 1 unspecified atom stereocenters. The van der Waals surface area contributed by atoms with E-state index >= 15 is 0 Å². The van der Waals surface area contributed by atoms with Crippen molar-refractivity contribution in [2.24, 2.45) is 0 Å². The number of benzene rings is 2. The summed E-state index contributed by atoms with van der Waals surface area (Å²) < 4.78 is 10.2. The Kier molecular flexibility index (Phi) is 4.99. The van der Waals surface area contributed by atoms with Crippen molar-refractivity contribution < 1.29 is 28.7 Å². The minimum absolute atomic E-state index is 0.0895. The van der Waals surface area contributed by atoms with E-state index in [2.05, 4.69) is 5.32 Å². The second-order valence-electron chi connectivity index (χ2n) is 6.77. The monoisotopic (exact) mass is 394 g/mol. The van der Waals surface area contributed by atoms with Crippen molar-refractivity contribution >= 4 is 23.9 Å². The summed E-state index contributed by atoms with van der Waals surface area (Å²) in [7, 11) is 0. The first-order chi connectivity index (χ1) is 14.0. The van der Waals surface area contributed by atoms with Crippen molar-refractivity contribution in [2.45, 2.75) is 18.4 Å². The zero-order valence-electron chi connectivity index (χ0n) is 15.3. The number of amides is 3. The summed E-state index contributed by atoms with van der Waals surface area (Å²) in [5, 5.41) is 4.34. The van der Waals surface area contributed by atoms with Gasteiger partial charge < -0.3 is 14.8 Å². The van der Waals surface area contributed by atoms with Crippen molar-refractivity contribution in [2.75, 3.05) is 13.2 Å². The number of hydrogen-bond donors (Lipinski definition) is 2. The molecule has 0 spiro atoms. The van der Waals surface area contributed by atoms with Gasteiger partial charge in [-0.05, 0) is 22.3 Å². The Morgan fingerprint density at radius 1 is 1.00 bits per heavy atom. The SMILES string of the molecule is O=C1CC(OC(=O)CNC(=O)OCC2c3ccccc3-c3ccccc32)C(=O)N1. The molecule has 1 heterocycles. The maximum absolute atomic E-state index is 12.0. The summed E-state index contributed by atoms with van der Waals surface area (Å²) in [5.74, 6) is -2.08. The van der Waals surface area contributed by atoms with Gasteiger partial charge in [0.2, 0.25) is 5.91 Å². The fraction of sp³-hybridized carbons (Fsp3) is 0.238. The first-order valence-electron chi connectivity index (χ1n) is 9.15. The Labute approximate surface area is 166 Å². The number of carbonyl (C=O) groups excluding carboxylic acids is 4. The van der Waals surface area contributed by atoms with Gasteiger partial charge in [0.15, 0.2) is 6.10 Å². The predicted octanol–water partition coefficient (Wildman–Crippen LogP) is 1.48. The van der Waals surface area contributed by atoms with Gasteiger partial charge in [0.25, 0.3) is 5.91 Å². The zero-order valence-corrected chi connectivity index (χ0v) is 15.3. The molecule has 0 saturated carbocycles. The van der Waals surface area contributed by atoms with Crippen LogP contribution in [0.4, 0.5) is 4.79 Å². The molecule has 2 aromatic rings. The summed E-state index contributed by atoms with van der Waals surface area (Å²) >= 11 is 0. The molecule has 29 heavy (non-hydrogen) atoms. The number of esters is 1. The van der Waals surface area contributed by atoms with Crippen LogP contribution in [0.3, 0.4) is 0 Å². The molecule has 1 aliphatic heterocycles. The Hall–Kier alpha value is -3.68. The first kappa shape index (κ1) is 18.7. The van der Waals surface area contributed by atoms with E-state index < -0.39 is 36.5 Å². The Bertz CT molecular complexity index is 957. The number of rotatable bonds is 5. The fourth-order valence-corrected chi connectivity index (χ4v) is 3.62. The summed E-state index contributed by atoms with van der Waals surface area (Å²) in [6, 6.07) is 15.9. The molecule has 1 aliphatic carbocycles. The molecule has 0 radical (unpaired) electrons. The van der Waals surface area contributed by atoms with E-state index in [0.29, 0.717) is 0 Å². The van der Waals surface area contributed by atoms with E-state index in [9.17, 15) is 19.2 Å². The molecule has 1 fully saturated rings. The molecule has 1 saturated heterocycles. The highest BCUT2D eigenvalue weighted by Gasteiger charge is 2.34. The Balaban J connectivity index is 1.31. The van der Waals surface area contributed by atoms with Gasteiger partial charge in [-0.3, -0.25) is 19.7 Å². The smallest absolute Gasteiger partial charge is 0.407 e. The molecule has 8 heteroatoms. The molecule has 148 valence electrons. The lowest BCUT2D eigenvalue weighted by molar-refractivity contribution is -0.152. The van der Waals surface area contributed by atoms with Crippen LogP contribution in [0, 0.1) is 0 Å². The highest BCUT2D eigenvalue weighted by Crippen LogP contribution is 2.44. The fourth-order valence-electron chi connectivity index (χ4n) is 3.62. The minimum Gasteiger partial charge on any atom is -0.450 e. The molecule has 0 bridgehead atoms. The summed E-state index contributed by atoms with van der Waals surface area (Å²) in [5.41, 5.74) is 4.39. The standard InChI is InChI=1S/C21H18N2O6/c24-18-9-17(20(26)23-18)29-19(25)10-22-21(27)28-11-16-14-7-3-1-5-12(14)13-6-2-4-8-15(13)16/h1-8,16-17H,9-11H2,(H,22,27)(H,23,24,26). The van der Waals surface area contributed by atoms with Gasteiger partial charge >= 0.3 is 12.1 Å². The van der Waals surface area contributed by atoms with Crippen molar-refractivity contribution in [3.63, 3.8) is 0 Å². The van der Waals surface area contributed by atoms with Gasteiger partial charge in [0.05, 0.1) is 6.42 Å². The van der Waals surface area contributed by atoms with E-state index in [-0.39, 0.29) is 18.9 Å². The molecular weight excluding hydrogens is 376 g/mol. The molecule has 3 amide bonds.